The molecule has 0 aromatic heterocycles. The Morgan fingerprint density at radius 1 is 0.818 bits per heavy atom. The van der Waals surface area contributed by atoms with E-state index >= 15 is 0 Å². The monoisotopic (exact) mass is 218 g/mol. The summed E-state index contributed by atoms with van der Waals surface area (Å²) in [4.78, 5) is 0. The van der Waals surface area contributed by atoms with Crippen molar-refractivity contribution >= 4 is 15.9 Å². The van der Waals surface area contributed by atoms with Crippen molar-refractivity contribution < 1.29 is 0 Å². The lowest BCUT2D eigenvalue weighted by Gasteiger charge is -2.10. The molecule has 1 saturated carbocycles. The summed E-state index contributed by atoms with van der Waals surface area (Å²) in [5, 5.41) is 1.23. The maximum absolute atomic E-state index is 3.60. The average molecular weight is 219 g/mol. The van der Waals surface area contributed by atoms with Gasteiger partial charge in [0.05, 0.1) is 0 Å². The van der Waals surface area contributed by atoms with Crippen LogP contribution < -0.4 is 0 Å². The largest absolute Gasteiger partial charge is 0.0925 e. The van der Waals surface area contributed by atoms with E-state index in [1.54, 1.807) is 0 Å². The minimum atomic E-state index is 0.980. The van der Waals surface area contributed by atoms with Gasteiger partial charge < -0.3 is 0 Å². The van der Waals surface area contributed by atoms with Gasteiger partial charge >= 0.3 is 0 Å². The zero-order chi connectivity index (χ0) is 7.94. The van der Waals surface area contributed by atoms with Gasteiger partial charge in [-0.2, -0.15) is 0 Å². The van der Waals surface area contributed by atoms with Crippen LogP contribution >= 0.6 is 15.9 Å². The van der Waals surface area contributed by atoms with Crippen molar-refractivity contribution in [3.63, 3.8) is 0 Å². The number of rotatable bonds is 1. The second-order valence-electron chi connectivity index (χ2n) is 3.72. The second kappa shape index (κ2) is 6.05. The Labute approximate surface area is 78.9 Å². The van der Waals surface area contributed by atoms with Crippen LogP contribution in [0.5, 0.6) is 0 Å². The molecular formula is C10H19Br. The van der Waals surface area contributed by atoms with Gasteiger partial charge in [-0.15, -0.1) is 0 Å². The highest BCUT2D eigenvalue weighted by Gasteiger charge is 2.08. The number of halogens is 1. The van der Waals surface area contributed by atoms with E-state index in [1.807, 2.05) is 0 Å². The molecule has 0 nitrogen and oxygen atoms in total. The molecule has 1 aliphatic carbocycles. The van der Waals surface area contributed by atoms with Crippen LogP contribution in [-0.2, 0) is 0 Å². The van der Waals surface area contributed by atoms with Crippen LogP contribution in [0.15, 0.2) is 0 Å². The Balaban J connectivity index is 2.19. The van der Waals surface area contributed by atoms with Gasteiger partial charge in [-0.3, -0.25) is 0 Å². The van der Waals surface area contributed by atoms with E-state index < -0.39 is 0 Å². The minimum absolute atomic E-state index is 0.980. The third kappa shape index (κ3) is 4.15. The number of hydrogen-bond donors (Lipinski definition) is 0. The molecule has 0 aromatic carbocycles. The third-order valence-corrected chi connectivity index (χ3v) is 3.61. The molecule has 0 spiro atoms. The summed E-state index contributed by atoms with van der Waals surface area (Å²) >= 11 is 3.60. The van der Waals surface area contributed by atoms with Crippen LogP contribution in [-0.4, -0.2) is 5.33 Å². The molecule has 0 amide bonds. The maximum atomic E-state index is 3.60. The lowest BCUT2D eigenvalue weighted by Crippen LogP contribution is -2.00. The summed E-state index contributed by atoms with van der Waals surface area (Å²) in [6, 6.07) is 0. The van der Waals surface area contributed by atoms with Gasteiger partial charge in [0.2, 0.25) is 0 Å². The zero-order valence-electron chi connectivity index (χ0n) is 7.32. The number of alkyl halides is 1. The van der Waals surface area contributed by atoms with Gasteiger partial charge in [0, 0.05) is 5.33 Å². The topological polar surface area (TPSA) is 0 Å². The molecule has 1 fully saturated rings. The van der Waals surface area contributed by atoms with Crippen molar-refractivity contribution in [1.82, 2.24) is 0 Å². The van der Waals surface area contributed by atoms with Crippen molar-refractivity contribution in [3.8, 4) is 0 Å². The normalized spacial score (nSPS) is 23.7. The predicted octanol–water partition coefficient (Wildman–Crippen LogP) is 4.13. The van der Waals surface area contributed by atoms with Crippen LogP contribution in [0.25, 0.3) is 0 Å². The fourth-order valence-corrected chi connectivity index (χ4v) is 2.52. The summed E-state index contributed by atoms with van der Waals surface area (Å²) in [5.41, 5.74) is 0. The average Bonchev–Trinajstić information content (AvgIpc) is 2.16. The van der Waals surface area contributed by atoms with E-state index in [0.29, 0.717) is 0 Å². The van der Waals surface area contributed by atoms with Gasteiger partial charge in [0.15, 0.2) is 0 Å². The van der Waals surface area contributed by atoms with Gasteiger partial charge in [0.1, 0.15) is 0 Å². The highest BCUT2D eigenvalue weighted by Crippen LogP contribution is 2.22. The second-order valence-corrected chi connectivity index (χ2v) is 4.37. The maximum Gasteiger partial charge on any atom is 0.00596 e. The SMILES string of the molecule is BrCC1CCCCCCCC1. The molecule has 0 aromatic rings. The van der Waals surface area contributed by atoms with E-state index in [4.69, 9.17) is 0 Å². The molecule has 0 heterocycles. The Hall–Kier alpha value is 0.480. The van der Waals surface area contributed by atoms with E-state index in [0.717, 1.165) is 5.92 Å². The molecule has 0 unspecified atom stereocenters. The van der Waals surface area contributed by atoms with E-state index in [9.17, 15) is 0 Å². The number of hydrogen-bond acceptors (Lipinski definition) is 0. The quantitative estimate of drug-likeness (QED) is 0.581. The Morgan fingerprint density at radius 3 is 1.73 bits per heavy atom. The molecule has 0 saturated heterocycles. The summed E-state index contributed by atoms with van der Waals surface area (Å²) in [6.07, 6.45) is 11.8. The van der Waals surface area contributed by atoms with E-state index in [-0.39, 0.29) is 0 Å². The third-order valence-electron chi connectivity index (χ3n) is 2.69. The van der Waals surface area contributed by atoms with Crippen molar-refractivity contribution in [2.75, 3.05) is 5.33 Å². The first-order valence-corrected chi connectivity index (χ1v) is 6.11. The molecule has 0 atom stereocenters. The molecule has 0 radical (unpaired) electrons. The molecule has 1 rings (SSSR count). The highest BCUT2D eigenvalue weighted by molar-refractivity contribution is 9.09. The summed E-state index contributed by atoms with van der Waals surface area (Å²) in [7, 11) is 0. The first kappa shape index (κ1) is 9.57. The fourth-order valence-electron chi connectivity index (χ4n) is 1.87. The molecule has 0 N–H and O–H groups in total. The smallest absolute Gasteiger partial charge is 0.00596 e. The van der Waals surface area contributed by atoms with Crippen molar-refractivity contribution in [2.24, 2.45) is 5.92 Å². The first-order chi connectivity index (χ1) is 5.43. The van der Waals surface area contributed by atoms with Crippen molar-refractivity contribution in [2.45, 2.75) is 51.4 Å². The van der Waals surface area contributed by atoms with Gasteiger partial charge in [-0.05, 0) is 18.8 Å². The lowest BCUT2D eigenvalue weighted by atomic mass is 9.99. The molecule has 0 aliphatic heterocycles. The summed E-state index contributed by atoms with van der Waals surface area (Å²) in [6.45, 7) is 0. The molecule has 11 heavy (non-hydrogen) atoms. The highest BCUT2D eigenvalue weighted by atomic mass is 79.9. The lowest BCUT2D eigenvalue weighted by molar-refractivity contribution is 0.474. The minimum Gasteiger partial charge on any atom is -0.0925 e. The first-order valence-electron chi connectivity index (χ1n) is 4.99. The molecule has 0 bridgehead atoms. The van der Waals surface area contributed by atoms with Gasteiger partial charge in [0.25, 0.3) is 0 Å². The molecule has 66 valence electrons. The van der Waals surface area contributed by atoms with Crippen LogP contribution in [0.4, 0.5) is 0 Å². The van der Waals surface area contributed by atoms with Gasteiger partial charge in [-0.25, -0.2) is 0 Å². The van der Waals surface area contributed by atoms with Crippen molar-refractivity contribution in [1.29, 1.82) is 0 Å². The van der Waals surface area contributed by atoms with Crippen LogP contribution in [0.2, 0.25) is 0 Å². The summed E-state index contributed by atoms with van der Waals surface area (Å²) < 4.78 is 0. The Morgan fingerprint density at radius 2 is 1.27 bits per heavy atom. The predicted molar refractivity (Wildman–Crippen MR) is 54.2 cm³/mol. The Bertz CT molecular complexity index is 80.9. The molecule has 1 aliphatic rings. The van der Waals surface area contributed by atoms with Crippen LogP contribution in [0, 0.1) is 5.92 Å². The molecular weight excluding hydrogens is 200 g/mol. The van der Waals surface area contributed by atoms with E-state index in [2.05, 4.69) is 15.9 Å². The van der Waals surface area contributed by atoms with E-state index in [1.165, 1.54) is 56.7 Å². The van der Waals surface area contributed by atoms with Crippen molar-refractivity contribution in [3.05, 3.63) is 0 Å². The summed E-state index contributed by atoms with van der Waals surface area (Å²) in [5.74, 6) is 0.980. The standard InChI is InChI=1S/C10H19Br/c11-9-10-7-5-3-1-2-4-6-8-10/h10H,1-9H2. The van der Waals surface area contributed by atoms with Gasteiger partial charge in [-0.1, -0.05) is 54.5 Å². The molecule has 1 heteroatoms. The Kier molecular flexibility index (Phi) is 5.26. The van der Waals surface area contributed by atoms with Crippen LogP contribution in [0.1, 0.15) is 51.4 Å². The fraction of sp³-hybridized carbons (Fsp3) is 1.00. The van der Waals surface area contributed by atoms with Crippen LogP contribution in [0.3, 0.4) is 0 Å². The zero-order valence-corrected chi connectivity index (χ0v) is 8.91.